The summed E-state index contributed by atoms with van der Waals surface area (Å²) in [5.41, 5.74) is 0. The molecule has 2 fully saturated rings. The molecule has 93 valence electrons. The molecule has 0 aromatic rings. The molecule has 0 aromatic carbocycles. The Morgan fingerprint density at radius 3 is 1.81 bits per heavy atom. The minimum Gasteiger partial charge on any atom is -0.391 e. The minimum absolute atomic E-state index is 0.307. The lowest BCUT2D eigenvalue weighted by molar-refractivity contribution is 0.109. The van der Waals surface area contributed by atoms with Crippen molar-refractivity contribution in [3.8, 4) is 0 Å². The van der Waals surface area contributed by atoms with Gasteiger partial charge in [-0.15, -0.1) is 0 Å². The summed E-state index contributed by atoms with van der Waals surface area (Å²) in [5.74, 6) is 0.978. The molecule has 0 saturated heterocycles. The van der Waals surface area contributed by atoms with Crippen molar-refractivity contribution in [3.05, 3.63) is 0 Å². The summed E-state index contributed by atoms with van der Waals surface area (Å²) >= 11 is 0. The van der Waals surface area contributed by atoms with E-state index in [-0.39, 0.29) is 0 Å². The highest BCUT2D eigenvalue weighted by Crippen LogP contribution is 2.61. The quantitative estimate of drug-likeness (QED) is 0.684. The van der Waals surface area contributed by atoms with Crippen molar-refractivity contribution in [2.75, 3.05) is 0 Å². The molecule has 0 unspecified atom stereocenters. The lowest BCUT2D eigenvalue weighted by Gasteiger charge is -2.34. The van der Waals surface area contributed by atoms with E-state index in [1.165, 1.54) is 32.1 Å². The predicted octanol–water partition coefficient (Wildman–Crippen LogP) is 3.66. The van der Waals surface area contributed by atoms with E-state index in [1.54, 1.807) is 0 Å². The topological polar surface area (TPSA) is 18.5 Å². The Labute approximate surface area is 102 Å². The van der Waals surface area contributed by atoms with E-state index in [1.807, 2.05) is 0 Å². The molecule has 0 aliphatic heterocycles. The number of hydrogen-bond donors (Lipinski definition) is 0. The van der Waals surface area contributed by atoms with Gasteiger partial charge in [0, 0.05) is 17.2 Å². The van der Waals surface area contributed by atoms with E-state index >= 15 is 0 Å². The van der Waals surface area contributed by atoms with Crippen molar-refractivity contribution in [2.24, 2.45) is 5.92 Å². The maximum atomic E-state index is 6.15. The van der Waals surface area contributed by atoms with Crippen molar-refractivity contribution < 1.29 is 8.85 Å². The first kappa shape index (κ1) is 12.6. The highest BCUT2D eigenvalue weighted by atomic mass is 28.3. The van der Waals surface area contributed by atoms with Gasteiger partial charge in [0.25, 0.3) is 0 Å². The normalized spacial score (nSPS) is 33.6. The van der Waals surface area contributed by atoms with Crippen molar-refractivity contribution in [3.63, 3.8) is 0 Å². The van der Waals surface area contributed by atoms with Crippen molar-refractivity contribution in [2.45, 2.75) is 77.0 Å². The third-order valence-electron chi connectivity index (χ3n) is 3.86. The molecular formula is C13H25O2Si. The van der Waals surface area contributed by atoms with Crippen LogP contribution in [0, 0.1) is 5.92 Å². The predicted molar refractivity (Wildman–Crippen MR) is 67.5 cm³/mol. The van der Waals surface area contributed by atoms with Crippen LogP contribution in [0.5, 0.6) is 0 Å². The van der Waals surface area contributed by atoms with Crippen LogP contribution in [-0.2, 0) is 8.85 Å². The standard InChI is InChI=1S/C13H25O2Si/c1-10(2)14-16(15-11(3)4)13-7-5-12(9-13)6-8-13/h10-12H,5-9H2,1-4H3. The summed E-state index contributed by atoms with van der Waals surface area (Å²) in [7, 11) is -1.09. The third kappa shape index (κ3) is 2.52. The monoisotopic (exact) mass is 241 g/mol. The summed E-state index contributed by atoms with van der Waals surface area (Å²) in [5, 5.41) is 0.448. The first-order valence-corrected chi connectivity index (χ1v) is 8.04. The summed E-state index contributed by atoms with van der Waals surface area (Å²) < 4.78 is 12.3. The zero-order valence-electron chi connectivity index (χ0n) is 11.1. The van der Waals surface area contributed by atoms with Gasteiger partial charge in [0.05, 0.1) is 0 Å². The molecule has 0 amide bonds. The second kappa shape index (κ2) is 4.79. The fraction of sp³-hybridized carbons (Fsp3) is 1.00. The van der Waals surface area contributed by atoms with Crippen LogP contribution >= 0.6 is 0 Å². The van der Waals surface area contributed by atoms with Gasteiger partial charge in [-0.25, -0.2) is 0 Å². The zero-order valence-corrected chi connectivity index (χ0v) is 12.1. The van der Waals surface area contributed by atoms with Gasteiger partial charge in [-0.3, -0.25) is 0 Å². The molecule has 1 radical (unpaired) electrons. The molecule has 0 aromatic heterocycles. The number of hydrogen-bond acceptors (Lipinski definition) is 2. The maximum absolute atomic E-state index is 6.15. The highest BCUT2D eigenvalue weighted by molar-refractivity contribution is 6.49. The van der Waals surface area contributed by atoms with Gasteiger partial charge in [-0.1, -0.05) is 12.8 Å². The van der Waals surface area contributed by atoms with Crippen molar-refractivity contribution in [1.82, 2.24) is 0 Å². The number of fused-ring (bicyclic) bond motifs is 2. The van der Waals surface area contributed by atoms with E-state index in [0.717, 1.165) is 5.92 Å². The molecule has 2 bridgehead atoms. The van der Waals surface area contributed by atoms with E-state index in [0.29, 0.717) is 17.2 Å². The molecule has 2 aliphatic rings. The van der Waals surface area contributed by atoms with Crippen LogP contribution in [0.2, 0.25) is 5.04 Å². The Hall–Kier alpha value is 0.137. The van der Waals surface area contributed by atoms with Gasteiger partial charge in [0.15, 0.2) is 0 Å². The van der Waals surface area contributed by atoms with Crippen LogP contribution < -0.4 is 0 Å². The van der Waals surface area contributed by atoms with Gasteiger partial charge in [0.1, 0.15) is 0 Å². The fourth-order valence-corrected chi connectivity index (χ4v) is 5.75. The molecule has 0 atom stereocenters. The minimum atomic E-state index is -1.09. The van der Waals surface area contributed by atoms with Crippen molar-refractivity contribution >= 4 is 9.28 Å². The molecular weight excluding hydrogens is 216 g/mol. The van der Waals surface area contributed by atoms with Gasteiger partial charge in [-0.2, -0.15) is 0 Å². The Kier molecular flexibility index (Phi) is 3.77. The molecule has 2 saturated carbocycles. The Morgan fingerprint density at radius 2 is 1.50 bits per heavy atom. The van der Waals surface area contributed by atoms with Crippen LogP contribution in [0.15, 0.2) is 0 Å². The molecule has 0 heterocycles. The number of rotatable bonds is 5. The molecule has 0 N–H and O–H groups in total. The lowest BCUT2D eigenvalue weighted by Crippen LogP contribution is -2.40. The first-order chi connectivity index (χ1) is 7.52. The summed E-state index contributed by atoms with van der Waals surface area (Å²) in [4.78, 5) is 0. The summed E-state index contributed by atoms with van der Waals surface area (Å²) in [6.45, 7) is 8.53. The van der Waals surface area contributed by atoms with Gasteiger partial charge in [-0.05, 0) is 52.9 Å². The molecule has 3 heteroatoms. The van der Waals surface area contributed by atoms with Crippen molar-refractivity contribution in [1.29, 1.82) is 0 Å². The van der Waals surface area contributed by atoms with Gasteiger partial charge >= 0.3 is 9.28 Å². The smallest absolute Gasteiger partial charge is 0.391 e. The second-order valence-corrected chi connectivity index (χ2v) is 8.16. The lowest BCUT2D eigenvalue weighted by atomic mass is 10.0. The molecule has 2 aliphatic carbocycles. The van der Waals surface area contributed by atoms with Gasteiger partial charge in [0.2, 0.25) is 0 Å². The second-order valence-electron chi connectivity index (χ2n) is 6.05. The highest BCUT2D eigenvalue weighted by Gasteiger charge is 2.54. The molecule has 2 rings (SSSR count). The van der Waals surface area contributed by atoms with E-state index in [4.69, 9.17) is 8.85 Å². The summed E-state index contributed by atoms with van der Waals surface area (Å²) in [6.07, 6.45) is 7.52. The molecule has 2 nitrogen and oxygen atoms in total. The summed E-state index contributed by atoms with van der Waals surface area (Å²) in [6, 6.07) is 0. The fourth-order valence-electron chi connectivity index (χ4n) is 3.18. The van der Waals surface area contributed by atoms with E-state index < -0.39 is 9.28 Å². The zero-order chi connectivity index (χ0) is 11.8. The SMILES string of the molecule is CC(C)O[Si](OC(C)C)C12CCC(CC1)C2. The average molecular weight is 241 g/mol. The molecule has 16 heavy (non-hydrogen) atoms. The van der Waals surface area contributed by atoms with E-state index in [2.05, 4.69) is 27.7 Å². The van der Waals surface area contributed by atoms with Crippen LogP contribution in [0.25, 0.3) is 0 Å². The third-order valence-corrected chi connectivity index (χ3v) is 6.80. The first-order valence-electron chi connectivity index (χ1n) is 6.72. The van der Waals surface area contributed by atoms with Crippen LogP contribution in [0.4, 0.5) is 0 Å². The molecule has 0 spiro atoms. The van der Waals surface area contributed by atoms with Crippen LogP contribution in [0.3, 0.4) is 0 Å². The van der Waals surface area contributed by atoms with Crippen LogP contribution in [-0.4, -0.2) is 21.5 Å². The van der Waals surface area contributed by atoms with E-state index in [9.17, 15) is 0 Å². The largest absolute Gasteiger partial charge is 0.391 e. The Morgan fingerprint density at radius 1 is 1.00 bits per heavy atom. The average Bonchev–Trinajstić information content (AvgIpc) is 2.75. The van der Waals surface area contributed by atoms with Crippen LogP contribution in [0.1, 0.15) is 59.8 Å². The Balaban J connectivity index is 2.05. The van der Waals surface area contributed by atoms with Gasteiger partial charge < -0.3 is 8.85 Å². The Bertz CT molecular complexity index is 222. The maximum Gasteiger partial charge on any atom is 0.391 e.